The normalized spacial score (nSPS) is 19.5. The summed E-state index contributed by atoms with van der Waals surface area (Å²) in [7, 11) is 2.15. The highest BCUT2D eigenvalue weighted by molar-refractivity contribution is 6.18. The lowest BCUT2D eigenvalue weighted by molar-refractivity contribution is 0.212. The fourth-order valence-corrected chi connectivity index (χ4v) is 1.64. The summed E-state index contributed by atoms with van der Waals surface area (Å²) in [5, 5.41) is 0. The number of hydrogen-bond donors (Lipinski definition) is 0. The minimum Gasteiger partial charge on any atom is -0.305 e. The van der Waals surface area contributed by atoms with E-state index in [4.69, 9.17) is 11.6 Å². The van der Waals surface area contributed by atoms with Crippen molar-refractivity contribution in [1.29, 1.82) is 0 Å². The average Bonchev–Trinajstić information content (AvgIpc) is 1.80. The molecular weight excluding hydrogens is 146 g/mol. The standard InChI is InChI=1S/C8H16ClN/c1-10(6-5-9)7-8-3-2-4-8/h8H,2-7H2,1H3. The quantitative estimate of drug-likeness (QED) is 0.570. The Morgan fingerprint density at radius 1 is 1.50 bits per heavy atom. The highest BCUT2D eigenvalue weighted by Gasteiger charge is 2.18. The van der Waals surface area contributed by atoms with Crippen molar-refractivity contribution < 1.29 is 0 Å². The molecule has 0 aromatic rings. The van der Waals surface area contributed by atoms with E-state index < -0.39 is 0 Å². The molecule has 1 aliphatic carbocycles. The van der Waals surface area contributed by atoms with Gasteiger partial charge in [-0.25, -0.2) is 0 Å². The third-order valence-electron chi connectivity index (χ3n) is 2.26. The molecule has 60 valence electrons. The van der Waals surface area contributed by atoms with Crippen LogP contribution >= 0.6 is 11.6 Å². The van der Waals surface area contributed by atoms with Crippen molar-refractivity contribution in [2.24, 2.45) is 5.92 Å². The first-order valence-corrected chi connectivity index (χ1v) is 4.61. The molecule has 0 unspecified atom stereocenters. The smallest absolute Gasteiger partial charge is 0.0351 e. The molecule has 0 aromatic carbocycles. The van der Waals surface area contributed by atoms with E-state index in [0.717, 1.165) is 18.3 Å². The Balaban J connectivity index is 1.99. The van der Waals surface area contributed by atoms with E-state index in [1.54, 1.807) is 0 Å². The van der Waals surface area contributed by atoms with Crippen LogP contribution in [0, 0.1) is 5.92 Å². The van der Waals surface area contributed by atoms with Crippen LogP contribution in [0.3, 0.4) is 0 Å². The molecule has 0 aromatic heterocycles. The minimum absolute atomic E-state index is 0.767. The lowest BCUT2D eigenvalue weighted by Crippen LogP contribution is -2.30. The van der Waals surface area contributed by atoms with Crippen LogP contribution in [0.25, 0.3) is 0 Å². The van der Waals surface area contributed by atoms with Crippen LogP contribution in [-0.2, 0) is 0 Å². The summed E-state index contributed by atoms with van der Waals surface area (Å²) in [6.07, 6.45) is 4.32. The number of rotatable bonds is 4. The molecule has 1 rings (SSSR count). The molecule has 2 heteroatoms. The Morgan fingerprint density at radius 3 is 2.60 bits per heavy atom. The van der Waals surface area contributed by atoms with Crippen LogP contribution in [0.2, 0.25) is 0 Å². The lowest BCUT2D eigenvalue weighted by Gasteiger charge is -2.29. The Hall–Kier alpha value is 0.250. The second-order valence-corrected chi connectivity index (χ2v) is 3.63. The fourth-order valence-electron chi connectivity index (χ4n) is 1.35. The van der Waals surface area contributed by atoms with Gasteiger partial charge in [0.15, 0.2) is 0 Å². The van der Waals surface area contributed by atoms with Gasteiger partial charge >= 0.3 is 0 Å². The monoisotopic (exact) mass is 161 g/mol. The van der Waals surface area contributed by atoms with Crippen molar-refractivity contribution in [2.45, 2.75) is 19.3 Å². The molecular formula is C8H16ClN. The van der Waals surface area contributed by atoms with Crippen LogP contribution in [0.1, 0.15) is 19.3 Å². The summed E-state index contributed by atoms with van der Waals surface area (Å²) in [5.41, 5.74) is 0. The highest BCUT2D eigenvalue weighted by Crippen LogP contribution is 2.26. The van der Waals surface area contributed by atoms with Crippen molar-refractivity contribution in [3.05, 3.63) is 0 Å². The maximum Gasteiger partial charge on any atom is 0.0351 e. The Bertz CT molecular complexity index is 91.3. The summed E-state index contributed by atoms with van der Waals surface area (Å²) in [6.45, 7) is 2.30. The van der Waals surface area contributed by atoms with E-state index in [1.807, 2.05) is 0 Å². The van der Waals surface area contributed by atoms with E-state index in [1.165, 1.54) is 25.8 Å². The molecule has 0 atom stereocenters. The van der Waals surface area contributed by atoms with E-state index in [0.29, 0.717) is 0 Å². The molecule has 0 saturated heterocycles. The SMILES string of the molecule is CN(CCCl)CC1CCC1. The third-order valence-corrected chi connectivity index (χ3v) is 2.43. The van der Waals surface area contributed by atoms with Crippen LogP contribution in [0.5, 0.6) is 0 Å². The van der Waals surface area contributed by atoms with Gasteiger partial charge < -0.3 is 4.90 Å². The van der Waals surface area contributed by atoms with Crippen LogP contribution < -0.4 is 0 Å². The lowest BCUT2D eigenvalue weighted by atomic mass is 9.85. The van der Waals surface area contributed by atoms with Crippen molar-refractivity contribution in [2.75, 3.05) is 26.0 Å². The predicted octanol–water partition coefficient (Wildman–Crippen LogP) is 1.96. The number of hydrogen-bond acceptors (Lipinski definition) is 1. The molecule has 0 heterocycles. The Morgan fingerprint density at radius 2 is 2.20 bits per heavy atom. The van der Waals surface area contributed by atoms with Gasteiger partial charge in [0.25, 0.3) is 0 Å². The molecule has 1 nitrogen and oxygen atoms in total. The van der Waals surface area contributed by atoms with Gasteiger partial charge in [0, 0.05) is 19.0 Å². The number of halogens is 1. The van der Waals surface area contributed by atoms with Crippen molar-refractivity contribution in [1.82, 2.24) is 4.90 Å². The number of nitrogens with zero attached hydrogens (tertiary/aromatic N) is 1. The molecule has 0 N–H and O–H groups in total. The molecule has 1 aliphatic rings. The fraction of sp³-hybridized carbons (Fsp3) is 1.00. The first kappa shape index (κ1) is 8.35. The maximum absolute atomic E-state index is 5.60. The van der Waals surface area contributed by atoms with Gasteiger partial charge in [0.2, 0.25) is 0 Å². The molecule has 0 radical (unpaired) electrons. The molecule has 0 amide bonds. The molecule has 1 saturated carbocycles. The van der Waals surface area contributed by atoms with Crippen LogP contribution in [0.15, 0.2) is 0 Å². The van der Waals surface area contributed by atoms with Gasteiger partial charge in [0.05, 0.1) is 0 Å². The van der Waals surface area contributed by atoms with E-state index in [9.17, 15) is 0 Å². The second kappa shape index (κ2) is 4.20. The molecule has 0 bridgehead atoms. The largest absolute Gasteiger partial charge is 0.305 e. The Kier molecular flexibility index (Phi) is 3.50. The highest BCUT2D eigenvalue weighted by atomic mass is 35.5. The summed E-state index contributed by atoms with van der Waals surface area (Å²) in [4.78, 5) is 2.33. The molecule has 10 heavy (non-hydrogen) atoms. The van der Waals surface area contributed by atoms with Gasteiger partial charge in [-0.05, 0) is 25.8 Å². The first-order valence-electron chi connectivity index (χ1n) is 4.07. The number of alkyl halides is 1. The topological polar surface area (TPSA) is 3.24 Å². The van der Waals surface area contributed by atoms with Crippen molar-refractivity contribution in [3.8, 4) is 0 Å². The zero-order valence-corrected chi connectivity index (χ0v) is 7.40. The maximum atomic E-state index is 5.60. The first-order chi connectivity index (χ1) is 4.83. The average molecular weight is 162 g/mol. The second-order valence-electron chi connectivity index (χ2n) is 3.25. The predicted molar refractivity (Wildman–Crippen MR) is 45.6 cm³/mol. The van der Waals surface area contributed by atoms with Crippen LogP contribution in [0.4, 0.5) is 0 Å². The Labute approximate surface area is 68.4 Å². The van der Waals surface area contributed by atoms with Gasteiger partial charge in [-0.1, -0.05) is 6.42 Å². The summed E-state index contributed by atoms with van der Waals surface area (Å²) >= 11 is 5.60. The zero-order chi connectivity index (χ0) is 7.40. The van der Waals surface area contributed by atoms with E-state index >= 15 is 0 Å². The summed E-state index contributed by atoms with van der Waals surface area (Å²) in [6, 6.07) is 0. The van der Waals surface area contributed by atoms with Crippen molar-refractivity contribution >= 4 is 11.6 Å². The molecule has 0 spiro atoms. The summed E-state index contributed by atoms with van der Waals surface area (Å²) < 4.78 is 0. The van der Waals surface area contributed by atoms with Crippen molar-refractivity contribution in [3.63, 3.8) is 0 Å². The van der Waals surface area contributed by atoms with Gasteiger partial charge in [-0.2, -0.15) is 0 Å². The third kappa shape index (κ3) is 2.47. The zero-order valence-electron chi connectivity index (χ0n) is 6.65. The molecule has 0 aliphatic heterocycles. The minimum atomic E-state index is 0.767. The van der Waals surface area contributed by atoms with E-state index in [2.05, 4.69) is 11.9 Å². The van der Waals surface area contributed by atoms with Crippen LogP contribution in [-0.4, -0.2) is 30.9 Å². The van der Waals surface area contributed by atoms with Gasteiger partial charge in [-0.3, -0.25) is 0 Å². The molecule has 1 fully saturated rings. The van der Waals surface area contributed by atoms with Gasteiger partial charge in [-0.15, -0.1) is 11.6 Å². The van der Waals surface area contributed by atoms with E-state index in [-0.39, 0.29) is 0 Å². The summed E-state index contributed by atoms with van der Waals surface area (Å²) in [5.74, 6) is 1.75. The van der Waals surface area contributed by atoms with Gasteiger partial charge in [0.1, 0.15) is 0 Å².